The smallest absolute Gasteiger partial charge is 0.462 e. The van der Waals surface area contributed by atoms with Crippen molar-refractivity contribution in [2.45, 2.75) is 232 Å². The molecule has 10 heteroatoms. The number of carbonyl (C=O) groups excluding carboxylic acids is 2. The third-order valence-electron chi connectivity index (χ3n) is 12.8. The van der Waals surface area contributed by atoms with E-state index in [2.05, 4.69) is 172 Å². The normalized spacial score (nSPS) is 14.3. The van der Waals surface area contributed by atoms with Crippen molar-refractivity contribution in [2.75, 3.05) is 47.5 Å². The van der Waals surface area contributed by atoms with Gasteiger partial charge in [-0.2, -0.15) is 0 Å². The highest BCUT2D eigenvalue weighted by Gasteiger charge is 2.27. The zero-order valence-electron chi connectivity index (χ0n) is 52.0. The average molecular weight is 1140 g/mol. The van der Waals surface area contributed by atoms with Gasteiger partial charge in [-0.1, -0.05) is 242 Å². The number of phosphoric ester groups is 1. The Balaban J connectivity index is 4.15. The maximum absolute atomic E-state index is 12.8. The number of likely N-dealkylation sites (N-methyl/N-ethyl adjacent to an activating group) is 1. The average Bonchev–Trinajstić information content (AvgIpc) is 3.43. The van der Waals surface area contributed by atoms with Gasteiger partial charge in [-0.3, -0.25) is 18.6 Å². The van der Waals surface area contributed by atoms with E-state index in [0.717, 1.165) is 135 Å². The maximum atomic E-state index is 12.8. The summed E-state index contributed by atoms with van der Waals surface area (Å²) in [6, 6.07) is 0. The lowest BCUT2D eigenvalue weighted by molar-refractivity contribution is -0.870. The summed E-state index contributed by atoms with van der Waals surface area (Å²) in [7, 11) is 1.44. The van der Waals surface area contributed by atoms with Gasteiger partial charge < -0.3 is 18.9 Å². The van der Waals surface area contributed by atoms with Crippen LogP contribution in [0.5, 0.6) is 0 Å². The minimum Gasteiger partial charge on any atom is -0.462 e. The van der Waals surface area contributed by atoms with E-state index in [-0.39, 0.29) is 32.0 Å². The highest BCUT2D eigenvalue weighted by atomic mass is 31.2. The highest BCUT2D eigenvalue weighted by Crippen LogP contribution is 2.43. The molecule has 1 N–H and O–H groups in total. The first-order valence-electron chi connectivity index (χ1n) is 31.7. The molecule has 2 unspecified atom stereocenters. The number of hydrogen-bond acceptors (Lipinski definition) is 7. The van der Waals surface area contributed by atoms with Crippen LogP contribution >= 0.6 is 7.82 Å². The number of quaternary nitrogens is 1. The van der Waals surface area contributed by atoms with Crippen molar-refractivity contribution in [3.05, 3.63) is 158 Å². The predicted molar refractivity (Wildman–Crippen MR) is 348 cm³/mol. The van der Waals surface area contributed by atoms with Crippen LogP contribution in [0.3, 0.4) is 0 Å². The van der Waals surface area contributed by atoms with Gasteiger partial charge >= 0.3 is 19.8 Å². The molecule has 0 aliphatic carbocycles. The summed E-state index contributed by atoms with van der Waals surface area (Å²) in [4.78, 5) is 35.7. The molecule has 0 saturated heterocycles. The second kappa shape index (κ2) is 60.2. The number of rotatable bonds is 56. The van der Waals surface area contributed by atoms with Crippen LogP contribution in [0.1, 0.15) is 226 Å². The summed E-state index contributed by atoms with van der Waals surface area (Å²) in [5.41, 5.74) is 0. The number of unbranched alkanes of at least 4 members (excludes halogenated alkanes) is 16. The van der Waals surface area contributed by atoms with Crippen LogP contribution in [0.25, 0.3) is 0 Å². The summed E-state index contributed by atoms with van der Waals surface area (Å²) in [5.74, 6) is -0.837. The second-order valence-electron chi connectivity index (χ2n) is 21.7. The molecule has 0 rings (SSSR count). The van der Waals surface area contributed by atoms with Crippen LogP contribution in [0.2, 0.25) is 0 Å². The first kappa shape index (κ1) is 76.6. The van der Waals surface area contributed by atoms with Crippen molar-refractivity contribution >= 4 is 19.8 Å². The summed E-state index contributed by atoms with van der Waals surface area (Å²) < 4.78 is 34.5. The lowest BCUT2D eigenvalue weighted by atomic mass is 10.1. The van der Waals surface area contributed by atoms with E-state index in [4.69, 9.17) is 18.5 Å². The summed E-state index contributed by atoms with van der Waals surface area (Å²) in [5, 5.41) is 0. The number of carbonyl (C=O) groups is 2. The van der Waals surface area contributed by atoms with Crippen molar-refractivity contribution in [1.29, 1.82) is 0 Å². The number of nitrogens with zero attached hydrogens (tertiary/aromatic N) is 1. The number of allylic oxidation sites excluding steroid dienone is 26. The molecular weight excluding hydrogens is 1030 g/mol. The molecule has 0 fully saturated rings. The van der Waals surface area contributed by atoms with Crippen LogP contribution in [0, 0.1) is 0 Å². The summed E-state index contributed by atoms with van der Waals surface area (Å²) in [6.45, 7) is 4.25. The Bertz CT molecular complexity index is 1920. The van der Waals surface area contributed by atoms with Crippen LogP contribution in [0.4, 0.5) is 0 Å². The Morgan fingerprint density at radius 3 is 1.05 bits per heavy atom. The fourth-order valence-corrected chi connectivity index (χ4v) is 8.67. The number of esters is 2. The number of ether oxygens (including phenoxy) is 2. The lowest BCUT2D eigenvalue weighted by Crippen LogP contribution is -2.37. The fourth-order valence-electron chi connectivity index (χ4n) is 7.93. The van der Waals surface area contributed by atoms with Crippen LogP contribution in [-0.2, 0) is 32.7 Å². The Morgan fingerprint density at radius 1 is 0.395 bits per heavy atom. The zero-order valence-corrected chi connectivity index (χ0v) is 52.8. The van der Waals surface area contributed by atoms with Crippen molar-refractivity contribution in [3.63, 3.8) is 0 Å². The van der Waals surface area contributed by atoms with Crippen LogP contribution in [0.15, 0.2) is 158 Å². The Morgan fingerprint density at radius 2 is 0.704 bits per heavy atom. The third kappa shape index (κ3) is 64.7. The van der Waals surface area contributed by atoms with E-state index < -0.39 is 26.5 Å². The number of hydrogen-bond donors (Lipinski definition) is 1. The molecule has 0 spiro atoms. The van der Waals surface area contributed by atoms with Crippen LogP contribution in [-0.4, -0.2) is 74.9 Å². The largest absolute Gasteiger partial charge is 0.472 e. The molecule has 0 amide bonds. The SMILES string of the molecule is CC/C=C\C/C=C\C/C=C\C/C=C\C/C=C\C/C=C\C/C=C\C/C=C\C/C=C\C/C=C\C/C=C\CCCCCCCCCC(=O)OC(COC(=O)CCCCCCC/C=C\C/C=C\CCCCCC)COP(=O)(O)OCC[N+](C)(C)C. The van der Waals surface area contributed by atoms with E-state index in [1.165, 1.54) is 51.4 Å². The van der Waals surface area contributed by atoms with Crippen molar-refractivity contribution in [3.8, 4) is 0 Å². The van der Waals surface area contributed by atoms with E-state index >= 15 is 0 Å². The van der Waals surface area contributed by atoms with Crippen molar-refractivity contribution in [1.82, 2.24) is 0 Å². The molecule has 0 bridgehead atoms. The minimum absolute atomic E-state index is 0.0190. The van der Waals surface area contributed by atoms with Gasteiger partial charge in [-0.05, 0) is 128 Å². The van der Waals surface area contributed by atoms with E-state index in [9.17, 15) is 19.0 Å². The third-order valence-corrected chi connectivity index (χ3v) is 13.8. The molecule has 0 saturated carbocycles. The Kier molecular flexibility index (Phi) is 57.0. The van der Waals surface area contributed by atoms with E-state index in [0.29, 0.717) is 23.9 Å². The van der Waals surface area contributed by atoms with Gasteiger partial charge in [0.25, 0.3) is 0 Å². The highest BCUT2D eigenvalue weighted by molar-refractivity contribution is 7.47. The summed E-state index contributed by atoms with van der Waals surface area (Å²) in [6.07, 6.45) is 90.4. The summed E-state index contributed by atoms with van der Waals surface area (Å²) >= 11 is 0. The second-order valence-corrected chi connectivity index (χ2v) is 23.2. The van der Waals surface area contributed by atoms with Gasteiger partial charge in [0.1, 0.15) is 19.8 Å². The van der Waals surface area contributed by atoms with Crippen LogP contribution < -0.4 is 0 Å². The van der Waals surface area contributed by atoms with Gasteiger partial charge in [0, 0.05) is 12.8 Å². The predicted octanol–water partition coefficient (Wildman–Crippen LogP) is 20.4. The van der Waals surface area contributed by atoms with Crippen molar-refractivity contribution in [2.24, 2.45) is 0 Å². The van der Waals surface area contributed by atoms with Gasteiger partial charge in [0.15, 0.2) is 6.10 Å². The molecule has 9 nitrogen and oxygen atoms in total. The standard InChI is InChI=1S/C71H116NO8P/c1-6-8-10-12-14-16-18-20-22-24-25-26-27-28-29-30-31-32-33-34-35-36-37-38-39-40-41-42-43-44-45-46-47-48-50-52-54-56-58-60-62-64-71(74)80-69(68-79-81(75,76)78-66-65-72(3,4)5)67-77-70(73)63-61-59-57-55-53-51-49-23-21-19-17-15-13-11-9-7-2/h8,10,14,16-17,19-20,22-23,25-26,28-29,31-32,34-35,37-38,40-41,43-44,46-47,49,69H,6-7,9,11-13,15,18,21,24,27,30,33,36,39,42,45,48,50-68H2,1-5H3/p+1/b10-8-,16-14-,19-17-,22-20-,26-25-,29-28-,32-31-,35-34-,38-37-,41-40-,44-43-,47-46-,49-23-. The van der Waals surface area contributed by atoms with Crippen molar-refractivity contribution < 1.29 is 42.1 Å². The first-order chi connectivity index (χ1) is 39.5. The van der Waals surface area contributed by atoms with Gasteiger partial charge in [0.2, 0.25) is 0 Å². The van der Waals surface area contributed by atoms with E-state index in [1.807, 2.05) is 21.1 Å². The molecule has 0 radical (unpaired) electrons. The van der Waals surface area contributed by atoms with Gasteiger partial charge in [-0.25, -0.2) is 4.57 Å². The minimum atomic E-state index is -4.40. The Labute approximate surface area is 496 Å². The first-order valence-corrected chi connectivity index (χ1v) is 33.2. The van der Waals surface area contributed by atoms with E-state index in [1.54, 1.807) is 0 Å². The molecule has 0 heterocycles. The molecular formula is C71H117NO8P+. The quantitative estimate of drug-likeness (QED) is 0.0211. The molecule has 0 aromatic heterocycles. The molecule has 2 atom stereocenters. The lowest BCUT2D eigenvalue weighted by Gasteiger charge is -2.24. The molecule has 458 valence electrons. The molecule has 0 aliphatic heterocycles. The zero-order chi connectivity index (χ0) is 59.1. The topological polar surface area (TPSA) is 108 Å². The Hall–Kier alpha value is -4.37. The number of phosphoric acid groups is 1. The van der Waals surface area contributed by atoms with Gasteiger partial charge in [0.05, 0.1) is 27.7 Å². The molecule has 81 heavy (non-hydrogen) atoms. The monoisotopic (exact) mass is 1140 g/mol. The molecule has 0 aromatic rings. The molecule has 0 aromatic carbocycles. The van der Waals surface area contributed by atoms with Gasteiger partial charge in [-0.15, -0.1) is 0 Å². The maximum Gasteiger partial charge on any atom is 0.472 e. The fraction of sp³-hybridized carbons (Fsp3) is 0.606. The molecule has 0 aliphatic rings.